The minimum absolute atomic E-state index is 0.0523. The fourth-order valence-electron chi connectivity index (χ4n) is 2.68. The molecule has 0 saturated carbocycles. The summed E-state index contributed by atoms with van der Waals surface area (Å²) in [6.07, 6.45) is 0. The summed E-state index contributed by atoms with van der Waals surface area (Å²) in [5.41, 5.74) is 1.21. The summed E-state index contributed by atoms with van der Waals surface area (Å²) >= 11 is 5.67. The largest absolute Gasteiger partial charge is 0.497 e. The summed E-state index contributed by atoms with van der Waals surface area (Å²) in [6, 6.07) is 12.5. The van der Waals surface area contributed by atoms with Crippen LogP contribution in [0.25, 0.3) is 11.3 Å². The van der Waals surface area contributed by atoms with Gasteiger partial charge in [-0.15, -0.1) is 0 Å². The molecule has 1 aromatic heterocycles. The fraction of sp³-hybridized carbons (Fsp3) is 0.150. The van der Waals surface area contributed by atoms with Gasteiger partial charge in [-0.1, -0.05) is 29.8 Å². The first-order valence-electron chi connectivity index (χ1n) is 8.53. The van der Waals surface area contributed by atoms with E-state index in [4.69, 9.17) is 16.3 Å². The number of rotatable bonds is 7. The Kier molecular flexibility index (Phi) is 6.13. The van der Waals surface area contributed by atoms with Crippen LogP contribution >= 0.6 is 11.6 Å². The van der Waals surface area contributed by atoms with Crippen molar-refractivity contribution in [3.63, 3.8) is 0 Å². The van der Waals surface area contributed by atoms with Gasteiger partial charge in [-0.05, 0) is 35.9 Å². The number of hydrogen-bond acceptors (Lipinski definition) is 4. The van der Waals surface area contributed by atoms with Crippen LogP contribution in [0.5, 0.6) is 5.75 Å². The first-order chi connectivity index (χ1) is 13.9. The lowest BCUT2D eigenvalue weighted by Crippen LogP contribution is -2.28. The molecule has 150 valence electrons. The van der Waals surface area contributed by atoms with Gasteiger partial charge in [-0.3, -0.25) is 4.79 Å². The number of benzene rings is 2. The molecule has 3 aromatic rings. The summed E-state index contributed by atoms with van der Waals surface area (Å²) in [6.45, 7) is -0.0589. The number of aromatic carboxylic acids is 1. The highest BCUT2D eigenvalue weighted by Crippen LogP contribution is 2.24. The molecular weight excluding hydrogens is 401 g/mol. The lowest BCUT2D eigenvalue weighted by atomic mass is 10.1. The van der Waals surface area contributed by atoms with Crippen LogP contribution in [0.2, 0.25) is 5.02 Å². The van der Waals surface area contributed by atoms with Gasteiger partial charge in [0, 0.05) is 12.1 Å². The third-order valence-corrected chi connectivity index (χ3v) is 4.44. The number of methoxy groups -OCH3 is 1. The van der Waals surface area contributed by atoms with Crippen LogP contribution in [-0.2, 0) is 17.9 Å². The van der Waals surface area contributed by atoms with Gasteiger partial charge in [0.05, 0.1) is 17.8 Å². The number of amides is 1. The van der Waals surface area contributed by atoms with E-state index in [2.05, 4.69) is 10.4 Å². The van der Waals surface area contributed by atoms with Crippen molar-refractivity contribution in [2.24, 2.45) is 0 Å². The topological polar surface area (TPSA) is 93.5 Å². The molecule has 2 N–H and O–H groups in total. The molecule has 2 aromatic carbocycles. The SMILES string of the molecule is COc1cccc(CNC(=O)Cn2nc(-c3ccc(Cl)c(F)c3)cc2C(=O)O)c1. The van der Waals surface area contributed by atoms with Crippen LogP contribution in [0.15, 0.2) is 48.5 Å². The van der Waals surface area contributed by atoms with Gasteiger partial charge >= 0.3 is 5.97 Å². The number of carbonyl (C=O) groups is 2. The number of carboxylic acids is 1. The van der Waals surface area contributed by atoms with Crippen LogP contribution in [0.3, 0.4) is 0 Å². The number of halogens is 2. The number of carbonyl (C=O) groups excluding carboxylic acids is 1. The number of carboxylic acid groups (broad SMARTS) is 1. The molecule has 29 heavy (non-hydrogen) atoms. The van der Waals surface area contributed by atoms with Crippen LogP contribution in [0, 0.1) is 5.82 Å². The Balaban J connectivity index is 1.75. The molecule has 0 spiro atoms. The Morgan fingerprint density at radius 1 is 1.24 bits per heavy atom. The molecular formula is C20H17ClFN3O4. The monoisotopic (exact) mass is 417 g/mol. The Morgan fingerprint density at radius 3 is 2.72 bits per heavy atom. The van der Waals surface area contributed by atoms with E-state index in [-0.39, 0.29) is 29.5 Å². The average molecular weight is 418 g/mol. The summed E-state index contributed by atoms with van der Waals surface area (Å²) in [5.74, 6) is -1.66. The van der Waals surface area contributed by atoms with Crippen molar-refractivity contribution >= 4 is 23.5 Å². The van der Waals surface area contributed by atoms with Gasteiger partial charge in [0.2, 0.25) is 5.91 Å². The van der Waals surface area contributed by atoms with Crippen molar-refractivity contribution in [3.05, 3.63) is 70.6 Å². The predicted octanol–water partition coefficient (Wildman–Crippen LogP) is 3.37. The molecule has 0 atom stereocenters. The summed E-state index contributed by atoms with van der Waals surface area (Å²) in [5, 5.41) is 16.2. The molecule has 0 aliphatic carbocycles. The Labute approximate surface area is 170 Å². The van der Waals surface area contributed by atoms with E-state index in [1.54, 1.807) is 25.3 Å². The second-order valence-corrected chi connectivity index (χ2v) is 6.54. The number of nitrogens with zero attached hydrogens (tertiary/aromatic N) is 2. The predicted molar refractivity (Wildman–Crippen MR) is 104 cm³/mol. The summed E-state index contributed by atoms with van der Waals surface area (Å²) in [7, 11) is 1.55. The maximum absolute atomic E-state index is 13.7. The second-order valence-electron chi connectivity index (χ2n) is 6.13. The van der Waals surface area contributed by atoms with Gasteiger partial charge in [-0.2, -0.15) is 5.10 Å². The first-order valence-corrected chi connectivity index (χ1v) is 8.91. The molecule has 1 heterocycles. The standard InChI is InChI=1S/C20H17ClFN3O4/c1-29-14-4-2-3-12(7-14)10-23-19(26)11-25-18(20(27)28)9-17(24-25)13-5-6-15(21)16(22)8-13/h2-9H,10-11H2,1H3,(H,23,26)(H,27,28). The zero-order chi connectivity index (χ0) is 21.0. The molecule has 0 radical (unpaired) electrons. The van der Waals surface area contributed by atoms with Crippen molar-refractivity contribution in [2.75, 3.05) is 7.11 Å². The molecule has 0 saturated heterocycles. The third-order valence-electron chi connectivity index (χ3n) is 4.13. The Morgan fingerprint density at radius 2 is 2.03 bits per heavy atom. The van der Waals surface area contributed by atoms with Crippen molar-refractivity contribution in [1.82, 2.24) is 15.1 Å². The molecule has 0 bridgehead atoms. The van der Waals surface area contributed by atoms with Crippen LogP contribution < -0.4 is 10.1 Å². The van der Waals surface area contributed by atoms with Gasteiger partial charge in [0.25, 0.3) is 0 Å². The molecule has 0 aliphatic heterocycles. The van der Waals surface area contributed by atoms with Crippen molar-refractivity contribution < 1.29 is 23.8 Å². The third kappa shape index (κ3) is 4.91. The van der Waals surface area contributed by atoms with E-state index in [0.29, 0.717) is 11.3 Å². The highest BCUT2D eigenvalue weighted by molar-refractivity contribution is 6.30. The van der Waals surface area contributed by atoms with Crippen LogP contribution in [-0.4, -0.2) is 33.9 Å². The minimum Gasteiger partial charge on any atom is -0.497 e. The Hall–Kier alpha value is -3.39. The zero-order valence-electron chi connectivity index (χ0n) is 15.4. The molecule has 1 amide bonds. The number of ether oxygens (including phenoxy) is 1. The van der Waals surface area contributed by atoms with Crippen molar-refractivity contribution in [1.29, 1.82) is 0 Å². The normalized spacial score (nSPS) is 10.6. The maximum Gasteiger partial charge on any atom is 0.354 e. The van der Waals surface area contributed by atoms with Crippen molar-refractivity contribution in [3.8, 4) is 17.0 Å². The fourth-order valence-corrected chi connectivity index (χ4v) is 2.80. The van der Waals surface area contributed by atoms with E-state index in [1.165, 1.54) is 18.2 Å². The minimum atomic E-state index is -1.25. The van der Waals surface area contributed by atoms with Crippen LogP contribution in [0.4, 0.5) is 4.39 Å². The zero-order valence-corrected chi connectivity index (χ0v) is 16.1. The second kappa shape index (κ2) is 8.74. The van der Waals surface area contributed by atoms with Gasteiger partial charge in [0.1, 0.15) is 23.8 Å². The number of hydrogen-bond donors (Lipinski definition) is 2. The highest BCUT2D eigenvalue weighted by atomic mass is 35.5. The Bertz CT molecular complexity index is 1070. The number of nitrogens with one attached hydrogen (secondary N) is 1. The lowest BCUT2D eigenvalue weighted by Gasteiger charge is -2.08. The maximum atomic E-state index is 13.7. The van der Waals surface area contributed by atoms with Crippen molar-refractivity contribution in [2.45, 2.75) is 13.1 Å². The quantitative estimate of drug-likeness (QED) is 0.614. The molecule has 7 nitrogen and oxygen atoms in total. The summed E-state index contributed by atoms with van der Waals surface area (Å²) in [4.78, 5) is 23.8. The van der Waals surface area contributed by atoms with E-state index in [1.807, 2.05) is 6.07 Å². The van der Waals surface area contributed by atoms with Gasteiger partial charge in [-0.25, -0.2) is 13.9 Å². The molecule has 0 aliphatic rings. The van der Waals surface area contributed by atoms with E-state index >= 15 is 0 Å². The molecule has 0 unspecified atom stereocenters. The molecule has 9 heteroatoms. The van der Waals surface area contributed by atoms with Crippen LogP contribution in [0.1, 0.15) is 16.1 Å². The van der Waals surface area contributed by atoms with E-state index in [9.17, 15) is 19.1 Å². The lowest BCUT2D eigenvalue weighted by molar-refractivity contribution is -0.122. The van der Waals surface area contributed by atoms with E-state index < -0.39 is 17.7 Å². The average Bonchev–Trinajstić information content (AvgIpc) is 3.12. The first kappa shape index (κ1) is 20.3. The van der Waals surface area contributed by atoms with E-state index in [0.717, 1.165) is 16.3 Å². The highest BCUT2D eigenvalue weighted by Gasteiger charge is 2.18. The number of aromatic nitrogens is 2. The molecule has 0 fully saturated rings. The van der Waals surface area contributed by atoms with Gasteiger partial charge < -0.3 is 15.2 Å². The smallest absolute Gasteiger partial charge is 0.354 e. The van der Waals surface area contributed by atoms with Gasteiger partial charge in [0.15, 0.2) is 0 Å². The summed E-state index contributed by atoms with van der Waals surface area (Å²) < 4.78 is 19.9. The molecule has 3 rings (SSSR count).